The quantitative estimate of drug-likeness (QED) is 0.612. The third kappa shape index (κ3) is 3.25. The van der Waals surface area contributed by atoms with Crippen molar-refractivity contribution in [3.63, 3.8) is 0 Å². The molecular formula is C23H22O2P+. The van der Waals surface area contributed by atoms with Gasteiger partial charge in [0.15, 0.2) is 0 Å². The highest BCUT2D eigenvalue weighted by Crippen LogP contribution is 2.56. The van der Waals surface area contributed by atoms with Crippen LogP contribution in [0.1, 0.15) is 6.42 Å². The molecule has 1 aliphatic rings. The number of hydrogen-bond donors (Lipinski definition) is 0. The molecule has 0 fully saturated rings. The van der Waals surface area contributed by atoms with E-state index in [4.69, 9.17) is 9.47 Å². The van der Waals surface area contributed by atoms with Crippen LogP contribution >= 0.6 is 7.26 Å². The second kappa shape index (κ2) is 7.76. The van der Waals surface area contributed by atoms with Gasteiger partial charge in [-0.3, -0.25) is 0 Å². The van der Waals surface area contributed by atoms with E-state index in [0.29, 0.717) is 0 Å². The molecule has 0 saturated carbocycles. The monoisotopic (exact) mass is 361 g/mol. The molecule has 26 heavy (non-hydrogen) atoms. The highest BCUT2D eigenvalue weighted by molar-refractivity contribution is 7.95. The van der Waals surface area contributed by atoms with E-state index in [0.717, 1.165) is 12.6 Å². The summed E-state index contributed by atoms with van der Waals surface area (Å²) >= 11 is 0. The second-order valence-electron chi connectivity index (χ2n) is 6.30. The molecule has 4 rings (SSSR count). The summed E-state index contributed by atoms with van der Waals surface area (Å²) in [6, 6.07) is 32.7. The molecule has 0 N–H and O–H groups in total. The summed E-state index contributed by atoms with van der Waals surface area (Å²) in [5, 5.41) is 4.18. The normalized spacial score (nSPS) is 14.0. The van der Waals surface area contributed by atoms with Gasteiger partial charge in [0.25, 0.3) is 0 Å². The fourth-order valence-corrected chi connectivity index (χ4v) is 7.90. The lowest BCUT2D eigenvalue weighted by molar-refractivity contribution is -0.0234. The van der Waals surface area contributed by atoms with Gasteiger partial charge in [0.05, 0.1) is 12.6 Å². The van der Waals surface area contributed by atoms with Crippen LogP contribution in [0, 0.1) is 0 Å². The lowest BCUT2D eigenvalue weighted by Gasteiger charge is -2.28. The van der Waals surface area contributed by atoms with Crippen LogP contribution in [0.3, 0.4) is 0 Å². The summed E-state index contributed by atoms with van der Waals surface area (Å²) in [7, 11) is -1.79. The topological polar surface area (TPSA) is 18.5 Å². The maximum Gasteiger partial charge on any atom is 0.243 e. The first kappa shape index (κ1) is 16.9. The van der Waals surface area contributed by atoms with Crippen molar-refractivity contribution in [2.45, 2.75) is 12.7 Å². The average Bonchev–Trinajstić information content (AvgIpc) is 3.25. The van der Waals surface area contributed by atoms with Gasteiger partial charge < -0.3 is 9.47 Å². The van der Waals surface area contributed by atoms with E-state index in [1.165, 1.54) is 15.9 Å². The first-order chi connectivity index (χ1) is 12.9. The van der Waals surface area contributed by atoms with Gasteiger partial charge in [0.2, 0.25) is 6.29 Å². The van der Waals surface area contributed by atoms with Gasteiger partial charge in [-0.15, -0.1) is 0 Å². The standard InChI is InChI=1S/C23H22O2P/c1-4-10-20(11-5-1)26(21-12-6-2-7-13-21,22-14-8-3-9-15-22)19-16-23-24-17-18-25-23/h1-15,17-18,23H,16,19H2/q+1. The molecule has 0 radical (unpaired) electrons. The van der Waals surface area contributed by atoms with Crippen LogP contribution in [0.5, 0.6) is 0 Å². The molecule has 0 amide bonds. The van der Waals surface area contributed by atoms with E-state index in [1.54, 1.807) is 12.5 Å². The third-order valence-electron chi connectivity index (χ3n) is 4.81. The van der Waals surface area contributed by atoms with Crippen molar-refractivity contribution in [1.82, 2.24) is 0 Å². The van der Waals surface area contributed by atoms with Crippen LogP contribution in [0.25, 0.3) is 0 Å². The van der Waals surface area contributed by atoms with Gasteiger partial charge in [-0.1, -0.05) is 54.6 Å². The third-order valence-corrected chi connectivity index (χ3v) is 9.28. The molecule has 0 unspecified atom stereocenters. The fourth-order valence-electron chi connectivity index (χ4n) is 3.59. The smallest absolute Gasteiger partial charge is 0.243 e. The van der Waals surface area contributed by atoms with Gasteiger partial charge in [-0.2, -0.15) is 0 Å². The number of benzene rings is 3. The zero-order valence-corrected chi connectivity index (χ0v) is 15.5. The Morgan fingerprint density at radius 1 is 0.577 bits per heavy atom. The molecule has 0 aromatic heterocycles. The van der Waals surface area contributed by atoms with E-state index in [9.17, 15) is 0 Å². The fraction of sp³-hybridized carbons (Fsp3) is 0.130. The second-order valence-corrected chi connectivity index (χ2v) is 9.92. The highest BCUT2D eigenvalue weighted by Gasteiger charge is 2.45. The van der Waals surface area contributed by atoms with Crippen LogP contribution in [-0.2, 0) is 9.47 Å². The Morgan fingerprint density at radius 2 is 0.962 bits per heavy atom. The Morgan fingerprint density at radius 3 is 1.35 bits per heavy atom. The zero-order chi connectivity index (χ0) is 17.7. The van der Waals surface area contributed by atoms with Gasteiger partial charge in [0, 0.05) is 0 Å². The van der Waals surface area contributed by atoms with Gasteiger partial charge >= 0.3 is 0 Å². The van der Waals surface area contributed by atoms with Gasteiger partial charge in [0.1, 0.15) is 35.7 Å². The largest absolute Gasteiger partial charge is 0.459 e. The Kier molecular flexibility index (Phi) is 5.04. The van der Waals surface area contributed by atoms with Crippen LogP contribution in [0.4, 0.5) is 0 Å². The van der Waals surface area contributed by atoms with Crippen molar-refractivity contribution in [3.05, 3.63) is 104 Å². The minimum Gasteiger partial charge on any atom is -0.459 e. The Labute approximate surface area is 155 Å². The molecule has 3 aromatic carbocycles. The van der Waals surface area contributed by atoms with Gasteiger partial charge in [-0.25, -0.2) is 0 Å². The molecule has 1 aliphatic heterocycles. The first-order valence-corrected chi connectivity index (χ1v) is 10.9. The summed E-state index contributed by atoms with van der Waals surface area (Å²) in [6.07, 6.45) is 4.93. The van der Waals surface area contributed by atoms with Crippen molar-refractivity contribution in [2.75, 3.05) is 6.16 Å². The van der Waals surface area contributed by atoms with Crippen molar-refractivity contribution >= 4 is 23.2 Å². The Hall–Kier alpha value is -2.57. The molecule has 130 valence electrons. The Bertz CT molecular complexity index is 742. The van der Waals surface area contributed by atoms with Crippen molar-refractivity contribution in [3.8, 4) is 0 Å². The molecule has 0 spiro atoms. The predicted octanol–water partition coefficient (Wildman–Crippen LogP) is 4.21. The number of ether oxygens (including phenoxy) is 2. The van der Waals surface area contributed by atoms with E-state index in [1.807, 2.05) is 0 Å². The summed E-state index contributed by atoms with van der Waals surface area (Å²) in [6.45, 7) is 0. The molecule has 0 aliphatic carbocycles. The maximum absolute atomic E-state index is 5.57. The molecule has 3 heteroatoms. The molecule has 3 aromatic rings. The average molecular weight is 361 g/mol. The molecule has 0 saturated heterocycles. The molecular weight excluding hydrogens is 339 g/mol. The van der Waals surface area contributed by atoms with Crippen LogP contribution in [0.2, 0.25) is 0 Å². The van der Waals surface area contributed by atoms with Crippen LogP contribution in [0.15, 0.2) is 104 Å². The van der Waals surface area contributed by atoms with Gasteiger partial charge in [-0.05, 0) is 36.4 Å². The first-order valence-electron chi connectivity index (χ1n) is 8.90. The van der Waals surface area contributed by atoms with E-state index in [2.05, 4.69) is 91.0 Å². The number of rotatable bonds is 6. The van der Waals surface area contributed by atoms with Crippen molar-refractivity contribution in [2.24, 2.45) is 0 Å². The molecule has 1 heterocycles. The molecule has 0 atom stereocenters. The van der Waals surface area contributed by atoms with Crippen molar-refractivity contribution in [1.29, 1.82) is 0 Å². The molecule has 0 bridgehead atoms. The maximum atomic E-state index is 5.57. The summed E-state index contributed by atoms with van der Waals surface area (Å²) in [4.78, 5) is 0. The Balaban J connectivity index is 1.85. The van der Waals surface area contributed by atoms with Crippen molar-refractivity contribution < 1.29 is 9.47 Å². The highest BCUT2D eigenvalue weighted by atomic mass is 31.2. The minimum atomic E-state index is -1.79. The van der Waals surface area contributed by atoms with Crippen LogP contribution < -0.4 is 15.9 Å². The summed E-state index contributed by atoms with van der Waals surface area (Å²) < 4.78 is 11.1. The summed E-state index contributed by atoms with van der Waals surface area (Å²) in [5.41, 5.74) is 0. The van der Waals surface area contributed by atoms with E-state index in [-0.39, 0.29) is 6.29 Å². The molecule has 2 nitrogen and oxygen atoms in total. The van der Waals surface area contributed by atoms with E-state index >= 15 is 0 Å². The predicted molar refractivity (Wildman–Crippen MR) is 110 cm³/mol. The van der Waals surface area contributed by atoms with E-state index < -0.39 is 7.26 Å². The van der Waals surface area contributed by atoms with Crippen LogP contribution in [-0.4, -0.2) is 12.5 Å². The number of hydrogen-bond acceptors (Lipinski definition) is 2. The summed E-state index contributed by atoms with van der Waals surface area (Å²) in [5.74, 6) is 0. The lowest BCUT2D eigenvalue weighted by Crippen LogP contribution is -2.34. The lowest BCUT2D eigenvalue weighted by atomic mass is 10.3. The SMILES string of the molecule is C1=COC(CC[P+](c2ccccc2)(c2ccccc2)c2ccccc2)O1. The minimum absolute atomic E-state index is 0.189. The zero-order valence-electron chi connectivity index (χ0n) is 14.6.